The summed E-state index contributed by atoms with van der Waals surface area (Å²) in [5.41, 5.74) is 0.921. The first-order valence-corrected chi connectivity index (χ1v) is 8.98. The molecule has 1 heteroatoms. The standard InChI is InChI=1S/C13H24S/c1-4-14(2,3)12-9-10-5-7-13(10)8-6-11(12)13/h10-12H,4-9H2,1-3H3. The summed E-state index contributed by atoms with van der Waals surface area (Å²) in [7, 11) is -0.260. The zero-order valence-electron chi connectivity index (χ0n) is 9.88. The van der Waals surface area contributed by atoms with Gasteiger partial charge in [-0.15, -0.1) is 0 Å². The van der Waals surface area contributed by atoms with E-state index in [9.17, 15) is 0 Å². The van der Waals surface area contributed by atoms with E-state index in [4.69, 9.17) is 0 Å². The van der Waals surface area contributed by atoms with Gasteiger partial charge in [0, 0.05) is 0 Å². The van der Waals surface area contributed by atoms with Crippen LogP contribution >= 0.6 is 10.0 Å². The van der Waals surface area contributed by atoms with Crippen LogP contribution in [0.4, 0.5) is 0 Å². The van der Waals surface area contributed by atoms with Crippen molar-refractivity contribution in [2.75, 3.05) is 18.3 Å². The lowest BCUT2D eigenvalue weighted by Crippen LogP contribution is -2.49. The molecule has 0 bridgehead atoms. The van der Waals surface area contributed by atoms with Crippen molar-refractivity contribution in [1.82, 2.24) is 0 Å². The van der Waals surface area contributed by atoms with E-state index in [2.05, 4.69) is 19.4 Å². The summed E-state index contributed by atoms with van der Waals surface area (Å²) in [6.45, 7) is 2.42. The summed E-state index contributed by atoms with van der Waals surface area (Å²) in [6.07, 6.45) is 13.1. The predicted octanol–water partition coefficient (Wildman–Crippen LogP) is 3.65. The molecule has 0 aromatic heterocycles. The summed E-state index contributed by atoms with van der Waals surface area (Å²) < 4.78 is 0. The van der Waals surface area contributed by atoms with Crippen molar-refractivity contribution in [2.24, 2.45) is 17.3 Å². The van der Waals surface area contributed by atoms with Crippen LogP contribution in [0.5, 0.6) is 0 Å². The molecule has 4 atom stereocenters. The molecule has 3 rings (SSSR count). The molecule has 82 valence electrons. The van der Waals surface area contributed by atoms with Gasteiger partial charge in [-0.2, -0.15) is 0 Å². The van der Waals surface area contributed by atoms with Gasteiger partial charge in [0.1, 0.15) is 0 Å². The Balaban J connectivity index is 1.84. The van der Waals surface area contributed by atoms with E-state index in [1.807, 2.05) is 0 Å². The van der Waals surface area contributed by atoms with Crippen LogP contribution in [-0.4, -0.2) is 23.5 Å². The molecule has 3 saturated carbocycles. The molecule has 0 aromatic carbocycles. The van der Waals surface area contributed by atoms with Crippen LogP contribution in [0.25, 0.3) is 0 Å². The van der Waals surface area contributed by atoms with Crippen molar-refractivity contribution in [3.8, 4) is 0 Å². The van der Waals surface area contributed by atoms with Gasteiger partial charge in [-0.1, -0.05) is 6.92 Å². The van der Waals surface area contributed by atoms with Crippen LogP contribution < -0.4 is 0 Å². The number of hydrogen-bond acceptors (Lipinski definition) is 0. The lowest BCUT2D eigenvalue weighted by Gasteiger charge is -2.58. The van der Waals surface area contributed by atoms with Crippen molar-refractivity contribution in [1.29, 1.82) is 0 Å². The third-order valence-corrected chi connectivity index (χ3v) is 9.61. The van der Waals surface area contributed by atoms with E-state index >= 15 is 0 Å². The Morgan fingerprint density at radius 2 is 1.93 bits per heavy atom. The minimum atomic E-state index is -0.260. The Bertz CT molecular complexity index is 254. The van der Waals surface area contributed by atoms with E-state index in [1.54, 1.807) is 32.1 Å². The third kappa shape index (κ3) is 0.930. The summed E-state index contributed by atoms with van der Waals surface area (Å²) in [4.78, 5) is 0. The van der Waals surface area contributed by atoms with Crippen molar-refractivity contribution < 1.29 is 0 Å². The second-order valence-electron chi connectivity index (χ2n) is 6.30. The van der Waals surface area contributed by atoms with Gasteiger partial charge in [0.2, 0.25) is 0 Å². The fourth-order valence-corrected chi connectivity index (χ4v) is 6.97. The van der Waals surface area contributed by atoms with Gasteiger partial charge >= 0.3 is 0 Å². The third-order valence-electron chi connectivity index (χ3n) is 5.96. The van der Waals surface area contributed by atoms with E-state index in [0.717, 1.165) is 10.7 Å². The molecule has 4 unspecified atom stereocenters. The van der Waals surface area contributed by atoms with Crippen molar-refractivity contribution in [2.45, 2.75) is 44.3 Å². The van der Waals surface area contributed by atoms with E-state index in [-0.39, 0.29) is 10.0 Å². The maximum atomic E-state index is 2.59. The van der Waals surface area contributed by atoms with Gasteiger partial charge in [-0.3, -0.25) is 0 Å². The molecule has 0 nitrogen and oxygen atoms in total. The molecule has 0 amide bonds. The maximum absolute atomic E-state index is 2.59. The Morgan fingerprint density at radius 3 is 2.29 bits per heavy atom. The van der Waals surface area contributed by atoms with E-state index in [0.29, 0.717) is 0 Å². The van der Waals surface area contributed by atoms with E-state index < -0.39 is 0 Å². The monoisotopic (exact) mass is 212 g/mol. The maximum Gasteiger partial charge on any atom is -0.00801 e. The van der Waals surface area contributed by atoms with Gasteiger partial charge in [0.05, 0.1) is 0 Å². The largest absolute Gasteiger partial charge is 0.244 e. The highest BCUT2D eigenvalue weighted by Crippen LogP contribution is 2.75. The average Bonchev–Trinajstić information content (AvgIpc) is 2.20. The van der Waals surface area contributed by atoms with Crippen molar-refractivity contribution in [3.05, 3.63) is 0 Å². The second-order valence-corrected chi connectivity index (χ2v) is 10.7. The van der Waals surface area contributed by atoms with Gasteiger partial charge in [0.15, 0.2) is 0 Å². The summed E-state index contributed by atoms with van der Waals surface area (Å²) >= 11 is 0. The molecular formula is C13H24S. The quantitative estimate of drug-likeness (QED) is 0.655. The Hall–Kier alpha value is 0.350. The molecule has 3 fully saturated rings. The molecule has 0 saturated heterocycles. The second kappa shape index (κ2) is 2.72. The SMILES string of the molecule is CCS(C)(C)C1CC2CCC23CCC13. The fraction of sp³-hybridized carbons (Fsp3) is 1.00. The van der Waals surface area contributed by atoms with Crippen LogP contribution in [-0.2, 0) is 0 Å². The fourth-order valence-electron chi connectivity index (χ4n) is 4.49. The first kappa shape index (κ1) is 9.57. The van der Waals surface area contributed by atoms with E-state index in [1.165, 1.54) is 17.6 Å². The normalized spacial score (nSPS) is 51.5. The predicted molar refractivity (Wildman–Crippen MR) is 66.3 cm³/mol. The first-order valence-electron chi connectivity index (χ1n) is 6.30. The number of rotatable bonds is 2. The van der Waals surface area contributed by atoms with Crippen LogP contribution in [0.15, 0.2) is 0 Å². The van der Waals surface area contributed by atoms with Crippen molar-refractivity contribution in [3.63, 3.8) is 0 Å². The summed E-state index contributed by atoms with van der Waals surface area (Å²) in [5, 5.41) is 1.15. The molecule has 0 aliphatic heterocycles. The Labute approximate surface area is 90.2 Å². The molecule has 1 spiro atoms. The topological polar surface area (TPSA) is 0 Å². The summed E-state index contributed by atoms with van der Waals surface area (Å²) in [6, 6.07) is 0. The Morgan fingerprint density at radius 1 is 1.21 bits per heavy atom. The molecule has 0 heterocycles. The van der Waals surface area contributed by atoms with Crippen LogP contribution in [0.1, 0.15) is 39.0 Å². The minimum absolute atomic E-state index is 0.260. The van der Waals surface area contributed by atoms with Gasteiger partial charge in [-0.25, -0.2) is 10.0 Å². The lowest BCUT2D eigenvalue weighted by atomic mass is 9.49. The molecule has 3 aliphatic rings. The zero-order chi connectivity index (χ0) is 9.97. The Kier molecular flexibility index (Phi) is 1.86. The lowest BCUT2D eigenvalue weighted by molar-refractivity contribution is -0.0627. The molecule has 14 heavy (non-hydrogen) atoms. The van der Waals surface area contributed by atoms with Gasteiger partial charge in [-0.05, 0) is 72.9 Å². The highest BCUT2D eigenvalue weighted by Gasteiger charge is 2.65. The minimum Gasteiger partial charge on any atom is -0.244 e. The molecule has 0 radical (unpaired) electrons. The highest BCUT2D eigenvalue weighted by atomic mass is 32.3. The molecule has 0 N–H and O–H groups in total. The first-order chi connectivity index (χ1) is 6.60. The smallest absolute Gasteiger partial charge is 0.00801 e. The molecular weight excluding hydrogens is 188 g/mol. The van der Waals surface area contributed by atoms with Crippen molar-refractivity contribution >= 4 is 10.0 Å². The molecule has 3 aliphatic carbocycles. The molecule has 0 aromatic rings. The zero-order valence-corrected chi connectivity index (χ0v) is 10.7. The van der Waals surface area contributed by atoms with Crippen LogP contribution in [0.3, 0.4) is 0 Å². The number of hydrogen-bond donors (Lipinski definition) is 0. The summed E-state index contributed by atoms with van der Waals surface area (Å²) in [5.74, 6) is 3.80. The van der Waals surface area contributed by atoms with Gasteiger partial charge in [0.25, 0.3) is 0 Å². The highest BCUT2D eigenvalue weighted by molar-refractivity contribution is 8.33. The average molecular weight is 212 g/mol. The van der Waals surface area contributed by atoms with Gasteiger partial charge < -0.3 is 0 Å². The van der Waals surface area contributed by atoms with Crippen LogP contribution in [0.2, 0.25) is 0 Å². The van der Waals surface area contributed by atoms with Crippen LogP contribution in [0, 0.1) is 17.3 Å².